The van der Waals surface area contributed by atoms with Gasteiger partial charge in [-0.2, -0.15) is 0 Å². The molecule has 1 aromatic carbocycles. The second-order valence-electron chi connectivity index (χ2n) is 6.09. The first-order valence-electron chi connectivity index (χ1n) is 7.83. The van der Waals surface area contributed by atoms with Gasteiger partial charge in [0, 0.05) is 5.69 Å². The van der Waals surface area contributed by atoms with Crippen LogP contribution in [0.5, 0.6) is 0 Å². The van der Waals surface area contributed by atoms with Gasteiger partial charge in [0.1, 0.15) is 0 Å². The van der Waals surface area contributed by atoms with Gasteiger partial charge in [-0.15, -0.1) is 12.4 Å². The van der Waals surface area contributed by atoms with E-state index in [1.54, 1.807) is 0 Å². The van der Waals surface area contributed by atoms with Gasteiger partial charge < -0.3 is 10.6 Å². The standard InChI is InChI=1S/C17H27N3O.ClH/c1-13-5-4-6-14(2)17(13)19-16(21)12-20-9-7-15(8-10-20)11-18-3;/h4-6,15,18H,7-12H2,1-3H3,(H,19,21);1H. The smallest absolute Gasteiger partial charge is 0.238 e. The molecule has 1 aliphatic heterocycles. The molecule has 5 heteroatoms. The molecule has 0 bridgehead atoms. The van der Waals surface area contributed by atoms with E-state index in [-0.39, 0.29) is 18.3 Å². The zero-order chi connectivity index (χ0) is 15.2. The lowest BCUT2D eigenvalue weighted by atomic mass is 9.97. The molecule has 0 atom stereocenters. The predicted molar refractivity (Wildman–Crippen MR) is 94.9 cm³/mol. The number of benzene rings is 1. The number of hydrogen-bond acceptors (Lipinski definition) is 3. The van der Waals surface area contributed by atoms with E-state index in [1.807, 2.05) is 39.1 Å². The Bertz CT molecular complexity index is 465. The van der Waals surface area contributed by atoms with Crippen LogP contribution in [0.3, 0.4) is 0 Å². The molecular formula is C17H28ClN3O. The number of halogens is 1. The average Bonchev–Trinajstić information content (AvgIpc) is 2.45. The zero-order valence-corrected chi connectivity index (χ0v) is 14.6. The second kappa shape index (κ2) is 9.13. The Kier molecular flexibility index (Phi) is 7.87. The van der Waals surface area contributed by atoms with Crippen LogP contribution in [0.1, 0.15) is 24.0 Å². The summed E-state index contributed by atoms with van der Waals surface area (Å²) < 4.78 is 0. The molecule has 22 heavy (non-hydrogen) atoms. The maximum atomic E-state index is 12.2. The molecule has 124 valence electrons. The molecule has 1 amide bonds. The van der Waals surface area contributed by atoms with E-state index in [0.717, 1.165) is 42.4 Å². The number of aryl methyl sites for hydroxylation is 2. The highest BCUT2D eigenvalue weighted by Gasteiger charge is 2.20. The van der Waals surface area contributed by atoms with Crippen LogP contribution in [-0.2, 0) is 4.79 Å². The molecule has 0 aliphatic carbocycles. The van der Waals surface area contributed by atoms with E-state index in [0.29, 0.717) is 6.54 Å². The van der Waals surface area contributed by atoms with Crippen molar-refractivity contribution in [2.45, 2.75) is 26.7 Å². The largest absolute Gasteiger partial charge is 0.324 e. The number of nitrogens with one attached hydrogen (secondary N) is 2. The summed E-state index contributed by atoms with van der Waals surface area (Å²) in [7, 11) is 2.00. The number of nitrogens with zero attached hydrogens (tertiary/aromatic N) is 1. The normalized spacial score (nSPS) is 16.1. The fraction of sp³-hybridized carbons (Fsp3) is 0.588. The molecule has 1 heterocycles. The molecule has 2 rings (SSSR count). The van der Waals surface area contributed by atoms with E-state index in [9.17, 15) is 4.79 Å². The molecule has 0 unspecified atom stereocenters. The van der Waals surface area contributed by atoms with Crippen molar-refractivity contribution in [1.29, 1.82) is 0 Å². The summed E-state index contributed by atoms with van der Waals surface area (Å²) >= 11 is 0. The lowest BCUT2D eigenvalue weighted by Gasteiger charge is -2.31. The third-order valence-electron chi connectivity index (χ3n) is 4.31. The van der Waals surface area contributed by atoms with Crippen LogP contribution in [0.2, 0.25) is 0 Å². The lowest BCUT2D eigenvalue weighted by molar-refractivity contribution is -0.117. The molecule has 0 aromatic heterocycles. The van der Waals surface area contributed by atoms with Crippen molar-refractivity contribution in [3.05, 3.63) is 29.3 Å². The van der Waals surface area contributed by atoms with Gasteiger partial charge in [-0.1, -0.05) is 18.2 Å². The van der Waals surface area contributed by atoms with Gasteiger partial charge in [0.05, 0.1) is 6.54 Å². The van der Waals surface area contributed by atoms with Crippen molar-refractivity contribution in [3.63, 3.8) is 0 Å². The van der Waals surface area contributed by atoms with Gasteiger partial charge >= 0.3 is 0 Å². The maximum Gasteiger partial charge on any atom is 0.238 e. The number of para-hydroxylation sites is 1. The predicted octanol–water partition coefficient (Wildman–Crippen LogP) is 2.60. The summed E-state index contributed by atoms with van der Waals surface area (Å²) in [5.74, 6) is 0.854. The Hall–Kier alpha value is -1.10. The van der Waals surface area contributed by atoms with E-state index in [1.165, 1.54) is 12.8 Å². The molecule has 1 fully saturated rings. The van der Waals surface area contributed by atoms with Crippen LogP contribution in [0.15, 0.2) is 18.2 Å². The van der Waals surface area contributed by atoms with E-state index < -0.39 is 0 Å². The number of likely N-dealkylation sites (tertiary alicyclic amines) is 1. The number of rotatable bonds is 5. The Labute approximate surface area is 140 Å². The first-order valence-corrected chi connectivity index (χ1v) is 7.83. The quantitative estimate of drug-likeness (QED) is 0.874. The van der Waals surface area contributed by atoms with Crippen LogP contribution >= 0.6 is 12.4 Å². The molecule has 2 N–H and O–H groups in total. The fourth-order valence-electron chi connectivity index (χ4n) is 3.03. The summed E-state index contributed by atoms with van der Waals surface area (Å²) in [4.78, 5) is 14.5. The maximum absolute atomic E-state index is 12.2. The summed E-state index contributed by atoms with van der Waals surface area (Å²) in [6, 6.07) is 6.09. The number of amides is 1. The summed E-state index contributed by atoms with van der Waals surface area (Å²) in [5, 5.41) is 6.31. The van der Waals surface area contributed by atoms with Gasteiger partial charge in [0.2, 0.25) is 5.91 Å². The van der Waals surface area contributed by atoms with Gasteiger partial charge in [-0.05, 0) is 70.4 Å². The van der Waals surface area contributed by atoms with Crippen molar-refractivity contribution in [1.82, 2.24) is 10.2 Å². The van der Waals surface area contributed by atoms with Gasteiger partial charge in [-0.3, -0.25) is 9.69 Å². The highest BCUT2D eigenvalue weighted by atomic mass is 35.5. The van der Waals surface area contributed by atoms with Gasteiger partial charge in [-0.25, -0.2) is 0 Å². The molecule has 0 radical (unpaired) electrons. The number of hydrogen-bond donors (Lipinski definition) is 2. The van der Waals surface area contributed by atoms with Crippen molar-refractivity contribution in [3.8, 4) is 0 Å². The third kappa shape index (κ3) is 5.27. The molecule has 0 saturated carbocycles. The number of carbonyl (C=O) groups excluding carboxylic acids is 1. The van der Waals surface area contributed by atoms with E-state index >= 15 is 0 Å². The number of piperidine rings is 1. The Morgan fingerprint density at radius 1 is 1.23 bits per heavy atom. The summed E-state index contributed by atoms with van der Waals surface area (Å²) in [5.41, 5.74) is 3.21. The molecule has 1 aliphatic rings. The average molecular weight is 326 g/mol. The molecule has 1 aromatic rings. The zero-order valence-electron chi connectivity index (χ0n) is 13.8. The molecule has 4 nitrogen and oxygen atoms in total. The molecule has 1 saturated heterocycles. The Balaban J connectivity index is 0.00000242. The van der Waals surface area contributed by atoms with Crippen molar-refractivity contribution in [2.75, 3.05) is 38.5 Å². The number of carbonyl (C=O) groups is 1. The van der Waals surface area contributed by atoms with E-state index in [2.05, 4.69) is 15.5 Å². The SMILES string of the molecule is CNCC1CCN(CC(=O)Nc2c(C)cccc2C)CC1.Cl. The highest BCUT2D eigenvalue weighted by molar-refractivity contribution is 5.93. The second-order valence-corrected chi connectivity index (χ2v) is 6.09. The monoisotopic (exact) mass is 325 g/mol. The first kappa shape index (κ1) is 18.9. The van der Waals surface area contributed by atoms with Crippen molar-refractivity contribution < 1.29 is 4.79 Å². The fourth-order valence-corrected chi connectivity index (χ4v) is 3.03. The lowest BCUT2D eigenvalue weighted by Crippen LogP contribution is -2.41. The summed E-state index contributed by atoms with van der Waals surface area (Å²) in [6.07, 6.45) is 2.36. The highest BCUT2D eigenvalue weighted by Crippen LogP contribution is 2.20. The minimum Gasteiger partial charge on any atom is -0.324 e. The minimum absolute atomic E-state index is 0. The van der Waals surface area contributed by atoms with Crippen molar-refractivity contribution in [2.24, 2.45) is 5.92 Å². The Morgan fingerprint density at radius 3 is 2.36 bits per heavy atom. The third-order valence-corrected chi connectivity index (χ3v) is 4.31. The van der Waals surface area contributed by atoms with Crippen molar-refractivity contribution >= 4 is 24.0 Å². The van der Waals surface area contributed by atoms with Crippen LogP contribution in [0.25, 0.3) is 0 Å². The molecule has 0 spiro atoms. The van der Waals surface area contributed by atoms with Crippen LogP contribution in [0, 0.1) is 19.8 Å². The number of anilines is 1. The molecular weight excluding hydrogens is 298 g/mol. The van der Waals surface area contributed by atoms with Crippen LogP contribution in [0.4, 0.5) is 5.69 Å². The van der Waals surface area contributed by atoms with E-state index in [4.69, 9.17) is 0 Å². The van der Waals surface area contributed by atoms with Crippen LogP contribution < -0.4 is 10.6 Å². The summed E-state index contributed by atoms with van der Waals surface area (Å²) in [6.45, 7) is 7.69. The van der Waals surface area contributed by atoms with Gasteiger partial charge in [0.25, 0.3) is 0 Å². The minimum atomic E-state index is 0. The Morgan fingerprint density at radius 2 is 1.82 bits per heavy atom. The van der Waals surface area contributed by atoms with Gasteiger partial charge in [0.15, 0.2) is 0 Å². The topological polar surface area (TPSA) is 44.4 Å². The first-order chi connectivity index (χ1) is 10.1. The van der Waals surface area contributed by atoms with Crippen LogP contribution in [-0.4, -0.2) is 44.0 Å².